The summed E-state index contributed by atoms with van der Waals surface area (Å²) in [6, 6.07) is 9.07. The molecular formula is C16H21N3O2S. The van der Waals surface area contributed by atoms with Crippen molar-refractivity contribution in [1.29, 1.82) is 0 Å². The molecule has 1 heterocycles. The largest absolute Gasteiger partial charge is 0.366 e. The van der Waals surface area contributed by atoms with Crippen molar-refractivity contribution in [3.05, 3.63) is 51.9 Å². The second-order valence-corrected chi connectivity index (χ2v) is 5.61. The molecule has 0 aliphatic heterocycles. The van der Waals surface area contributed by atoms with E-state index in [4.69, 9.17) is 11.5 Å². The number of nitrogens with one attached hydrogen (secondary N) is 1. The zero-order valence-corrected chi connectivity index (χ0v) is 13.8. The van der Waals surface area contributed by atoms with Crippen molar-refractivity contribution in [2.24, 2.45) is 11.5 Å². The first-order valence-electron chi connectivity index (χ1n) is 7.00. The van der Waals surface area contributed by atoms with Crippen LogP contribution in [0.5, 0.6) is 0 Å². The second kappa shape index (κ2) is 8.19. The molecule has 5 nitrogen and oxygen atoms in total. The van der Waals surface area contributed by atoms with E-state index in [0.717, 1.165) is 10.4 Å². The molecule has 22 heavy (non-hydrogen) atoms. The maximum Gasteiger partial charge on any atom is 0.317 e. The van der Waals surface area contributed by atoms with E-state index in [1.54, 1.807) is 6.07 Å². The fourth-order valence-corrected chi connectivity index (χ4v) is 3.04. The number of aryl methyl sites for hydroxylation is 1. The number of primary amides is 2. The summed E-state index contributed by atoms with van der Waals surface area (Å²) in [4.78, 5) is 23.2. The zero-order valence-electron chi connectivity index (χ0n) is 13.0. The lowest BCUT2D eigenvalue weighted by Gasteiger charge is -2.00. The second-order valence-electron chi connectivity index (χ2n) is 4.47. The summed E-state index contributed by atoms with van der Waals surface area (Å²) in [6.45, 7) is 6.02. The van der Waals surface area contributed by atoms with Gasteiger partial charge in [-0.15, -0.1) is 11.3 Å². The van der Waals surface area contributed by atoms with E-state index < -0.39 is 11.9 Å². The summed E-state index contributed by atoms with van der Waals surface area (Å²) in [6.07, 6.45) is 0.674. The Bertz CT molecular complexity index is 665. The van der Waals surface area contributed by atoms with Gasteiger partial charge in [0.05, 0.1) is 5.56 Å². The highest BCUT2D eigenvalue weighted by molar-refractivity contribution is 7.16. The van der Waals surface area contributed by atoms with Gasteiger partial charge in [0.2, 0.25) is 0 Å². The molecule has 0 saturated carbocycles. The molecule has 2 aromatic rings. The predicted molar refractivity (Wildman–Crippen MR) is 91.4 cm³/mol. The quantitative estimate of drug-likeness (QED) is 0.806. The Labute approximate surface area is 134 Å². The van der Waals surface area contributed by atoms with Gasteiger partial charge in [-0.25, -0.2) is 4.79 Å². The fourth-order valence-electron chi connectivity index (χ4n) is 1.94. The number of benzene rings is 1. The minimum absolute atomic E-state index is 0.288. The summed E-state index contributed by atoms with van der Waals surface area (Å²) in [5, 5.41) is 2.82. The molecule has 0 atom stereocenters. The van der Waals surface area contributed by atoms with Gasteiger partial charge in [0.25, 0.3) is 5.91 Å². The Morgan fingerprint density at radius 1 is 1.18 bits per heavy atom. The Kier molecular flexibility index (Phi) is 6.59. The van der Waals surface area contributed by atoms with Gasteiger partial charge >= 0.3 is 6.03 Å². The van der Waals surface area contributed by atoms with Crippen molar-refractivity contribution in [2.45, 2.75) is 27.2 Å². The van der Waals surface area contributed by atoms with Crippen LogP contribution in [0.2, 0.25) is 0 Å². The van der Waals surface area contributed by atoms with E-state index in [-0.39, 0.29) is 5.56 Å². The van der Waals surface area contributed by atoms with Crippen LogP contribution in [0.15, 0.2) is 30.3 Å². The number of anilines is 1. The molecule has 0 aliphatic carbocycles. The van der Waals surface area contributed by atoms with Crippen LogP contribution in [0.4, 0.5) is 9.80 Å². The SMILES string of the molecule is CC.Cc1cccc(Cc2cc(C(N)=O)c(NC(N)=O)s2)c1. The van der Waals surface area contributed by atoms with Crippen LogP contribution < -0.4 is 16.8 Å². The maximum atomic E-state index is 11.4. The van der Waals surface area contributed by atoms with Crippen molar-refractivity contribution in [2.75, 3.05) is 5.32 Å². The van der Waals surface area contributed by atoms with Crippen molar-refractivity contribution < 1.29 is 9.59 Å². The minimum Gasteiger partial charge on any atom is -0.366 e. The van der Waals surface area contributed by atoms with Gasteiger partial charge < -0.3 is 11.5 Å². The summed E-state index contributed by atoms with van der Waals surface area (Å²) < 4.78 is 0. The number of amides is 3. The molecule has 118 valence electrons. The van der Waals surface area contributed by atoms with Crippen LogP contribution in [-0.2, 0) is 6.42 Å². The lowest BCUT2D eigenvalue weighted by atomic mass is 10.1. The highest BCUT2D eigenvalue weighted by Crippen LogP contribution is 2.29. The normalized spacial score (nSPS) is 9.59. The molecule has 0 saturated heterocycles. The third kappa shape index (κ3) is 4.89. The number of hydrogen-bond acceptors (Lipinski definition) is 3. The third-order valence-electron chi connectivity index (χ3n) is 2.75. The van der Waals surface area contributed by atoms with E-state index in [9.17, 15) is 9.59 Å². The monoisotopic (exact) mass is 319 g/mol. The fraction of sp³-hybridized carbons (Fsp3) is 0.250. The standard InChI is InChI=1S/C14H15N3O2S.C2H6/c1-8-3-2-4-9(5-8)6-10-7-11(12(15)18)13(20-10)17-14(16)19;1-2/h2-5,7H,6H2,1H3,(H2,15,18)(H3,16,17,19);1-2H3. The third-order valence-corrected chi connectivity index (χ3v) is 3.80. The molecule has 0 fully saturated rings. The number of carbonyl (C=O) groups excluding carboxylic acids is 2. The van der Waals surface area contributed by atoms with Gasteiger partial charge in [-0.05, 0) is 18.6 Å². The average molecular weight is 319 g/mol. The molecule has 1 aromatic heterocycles. The van der Waals surface area contributed by atoms with E-state index >= 15 is 0 Å². The van der Waals surface area contributed by atoms with Crippen LogP contribution in [0.1, 0.15) is 40.2 Å². The number of thiophene rings is 1. The van der Waals surface area contributed by atoms with Crippen molar-refractivity contribution >= 4 is 28.3 Å². The van der Waals surface area contributed by atoms with Crippen LogP contribution in [0, 0.1) is 6.92 Å². The van der Waals surface area contributed by atoms with Gasteiger partial charge in [0, 0.05) is 11.3 Å². The molecule has 6 heteroatoms. The van der Waals surface area contributed by atoms with Gasteiger partial charge in [0.1, 0.15) is 5.00 Å². The average Bonchev–Trinajstić information content (AvgIpc) is 2.83. The van der Waals surface area contributed by atoms with Crippen LogP contribution in [0.25, 0.3) is 0 Å². The highest BCUT2D eigenvalue weighted by atomic mass is 32.1. The zero-order chi connectivity index (χ0) is 16.7. The van der Waals surface area contributed by atoms with Crippen molar-refractivity contribution in [3.63, 3.8) is 0 Å². The first-order valence-corrected chi connectivity index (χ1v) is 7.82. The van der Waals surface area contributed by atoms with Gasteiger partial charge in [-0.2, -0.15) is 0 Å². The molecular weight excluding hydrogens is 298 g/mol. The highest BCUT2D eigenvalue weighted by Gasteiger charge is 2.15. The minimum atomic E-state index is -0.712. The molecule has 0 unspecified atom stereocenters. The van der Waals surface area contributed by atoms with Crippen LogP contribution in [-0.4, -0.2) is 11.9 Å². The number of carbonyl (C=O) groups is 2. The molecule has 0 spiro atoms. The van der Waals surface area contributed by atoms with Gasteiger partial charge in [-0.3, -0.25) is 10.1 Å². The topological polar surface area (TPSA) is 98.2 Å². The van der Waals surface area contributed by atoms with Crippen molar-refractivity contribution in [3.8, 4) is 0 Å². The number of urea groups is 1. The van der Waals surface area contributed by atoms with Gasteiger partial charge in [0.15, 0.2) is 0 Å². The Morgan fingerprint density at radius 3 is 2.41 bits per heavy atom. The molecule has 2 rings (SSSR count). The molecule has 3 amide bonds. The molecule has 0 aliphatic rings. The Morgan fingerprint density at radius 2 is 1.86 bits per heavy atom. The summed E-state index contributed by atoms with van der Waals surface area (Å²) in [5.41, 5.74) is 13.0. The summed E-state index contributed by atoms with van der Waals surface area (Å²) >= 11 is 1.30. The number of nitrogens with two attached hydrogens (primary N) is 2. The smallest absolute Gasteiger partial charge is 0.317 e. The molecule has 0 radical (unpaired) electrons. The van der Waals surface area contributed by atoms with Crippen molar-refractivity contribution in [1.82, 2.24) is 0 Å². The Balaban J connectivity index is 0.00000116. The number of hydrogen-bond donors (Lipinski definition) is 3. The lowest BCUT2D eigenvalue weighted by molar-refractivity contribution is 0.100. The van der Waals surface area contributed by atoms with E-state index in [1.165, 1.54) is 16.9 Å². The summed E-state index contributed by atoms with van der Waals surface area (Å²) in [7, 11) is 0. The van der Waals surface area contributed by atoms with Gasteiger partial charge in [-0.1, -0.05) is 43.7 Å². The molecule has 0 bridgehead atoms. The maximum absolute atomic E-state index is 11.4. The van der Waals surface area contributed by atoms with E-state index in [2.05, 4.69) is 11.4 Å². The first-order chi connectivity index (χ1) is 10.5. The molecule has 1 aromatic carbocycles. The number of rotatable bonds is 4. The lowest BCUT2D eigenvalue weighted by Crippen LogP contribution is -2.21. The Hall–Kier alpha value is -2.34. The van der Waals surface area contributed by atoms with Crippen LogP contribution >= 0.6 is 11.3 Å². The van der Waals surface area contributed by atoms with Crippen LogP contribution in [0.3, 0.4) is 0 Å². The first kappa shape index (κ1) is 17.7. The summed E-state index contributed by atoms with van der Waals surface area (Å²) in [5.74, 6) is -0.583. The predicted octanol–water partition coefficient (Wildman–Crippen LogP) is 3.26. The molecule has 5 N–H and O–H groups in total. The van der Waals surface area contributed by atoms with E-state index in [1.807, 2.05) is 39.0 Å². The van der Waals surface area contributed by atoms with E-state index in [0.29, 0.717) is 11.4 Å².